The molecule has 0 aliphatic rings. The van der Waals surface area contributed by atoms with E-state index in [1.807, 2.05) is 66.7 Å². The first-order chi connectivity index (χ1) is 18.5. The van der Waals surface area contributed by atoms with E-state index in [0.717, 1.165) is 44.6 Å². The van der Waals surface area contributed by atoms with E-state index in [1.165, 1.54) is 0 Å². The highest BCUT2D eigenvalue weighted by Crippen LogP contribution is 2.38. The van der Waals surface area contributed by atoms with Gasteiger partial charge >= 0.3 is 0 Å². The number of benzene rings is 3. The van der Waals surface area contributed by atoms with E-state index in [1.54, 1.807) is 26.4 Å². The maximum Gasteiger partial charge on any atom is 0.267 e. The number of hydrogen-bond donors (Lipinski definition) is 2. The topological polar surface area (TPSA) is 76.2 Å². The first kappa shape index (κ1) is 25.8. The fraction of sp³-hybridized carbons (Fsp3) is 0.133. The summed E-state index contributed by atoms with van der Waals surface area (Å²) in [6, 6.07) is 24.6. The van der Waals surface area contributed by atoms with Gasteiger partial charge < -0.3 is 19.8 Å². The Labute approximate surface area is 230 Å². The third-order valence-corrected chi connectivity index (χ3v) is 6.82. The van der Waals surface area contributed by atoms with Gasteiger partial charge in [0.25, 0.3) is 5.91 Å². The lowest BCUT2D eigenvalue weighted by atomic mass is 9.96. The van der Waals surface area contributed by atoms with Crippen LogP contribution >= 0.6 is 23.2 Å². The smallest absolute Gasteiger partial charge is 0.267 e. The van der Waals surface area contributed by atoms with Gasteiger partial charge in [0.15, 0.2) is 0 Å². The second-order valence-electron chi connectivity index (χ2n) is 8.73. The van der Waals surface area contributed by atoms with Gasteiger partial charge in [-0.1, -0.05) is 47.5 Å². The quantitative estimate of drug-likeness (QED) is 0.214. The highest BCUT2D eigenvalue weighted by Gasteiger charge is 2.18. The summed E-state index contributed by atoms with van der Waals surface area (Å²) in [4.78, 5) is 21.2. The molecule has 0 saturated heterocycles. The number of rotatable bonds is 8. The van der Waals surface area contributed by atoms with E-state index < -0.39 is 0 Å². The van der Waals surface area contributed by atoms with Gasteiger partial charge in [-0.3, -0.25) is 4.79 Å². The molecule has 0 radical (unpaired) electrons. The number of aromatic amines is 1. The number of halogens is 2. The van der Waals surface area contributed by atoms with Gasteiger partial charge in [-0.25, -0.2) is 4.98 Å². The predicted molar refractivity (Wildman–Crippen MR) is 152 cm³/mol. The van der Waals surface area contributed by atoms with Crippen LogP contribution in [0.5, 0.6) is 5.75 Å². The summed E-state index contributed by atoms with van der Waals surface area (Å²) in [5.74, 6) is 0.531. The SMILES string of the molecule is COCc1nc(-c2ccc(OC)cc2)c(-c2ccc(Cl)cc2Cl)cc1CNC(=O)c1cc2ccccc2[nH]1. The van der Waals surface area contributed by atoms with Gasteiger partial charge in [0.05, 0.1) is 25.1 Å². The molecule has 8 heteroatoms. The Bertz CT molecular complexity index is 1580. The molecule has 0 unspecified atom stereocenters. The Morgan fingerprint density at radius 2 is 1.74 bits per heavy atom. The van der Waals surface area contributed by atoms with E-state index in [4.69, 9.17) is 37.7 Å². The van der Waals surface area contributed by atoms with Gasteiger partial charge in [-0.15, -0.1) is 0 Å². The summed E-state index contributed by atoms with van der Waals surface area (Å²) in [6.45, 7) is 0.524. The van der Waals surface area contributed by atoms with Crippen molar-refractivity contribution < 1.29 is 14.3 Å². The van der Waals surface area contributed by atoms with E-state index in [-0.39, 0.29) is 19.1 Å². The number of para-hydroxylation sites is 1. The van der Waals surface area contributed by atoms with Crippen LogP contribution in [0.1, 0.15) is 21.7 Å². The number of methoxy groups -OCH3 is 2. The van der Waals surface area contributed by atoms with Crippen LogP contribution in [0.2, 0.25) is 10.0 Å². The predicted octanol–water partition coefficient (Wildman–Crippen LogP) is 7.29. The van der Waals surface area contributed by atoms with Crippen molar-refractivity contribution in [1.29, 1.82) is 0 Å². The lowest BCUT2D eigenvalue weighted by molar-refractivity contribution is 0.0946. The third-order valence-electron chi connectivity index (χ3n) is 6.27. The Morgan fingerprint density at radius 1 is 0.947 bits per heavy atom. The number of fused-ring (bicyclic) bond motifs is 1. The number of H-pyrrole nitrogens is 1. The van der Waals surface area contributed by atoms with Crippen LogP contribution in [0.3, 0.4) is 0 Å². The summed E-state index contributed by atoms with van der Waals surface area (Å²) in [6.07, 6.45) is 0. The molecule has 0 atom stereocenters. The Balaban J connectivity index is 1.55. The molecule has 1 amide bonds. The molecule has 192 valence electrons. The summed E-state index contributed by atoms with van der Waals surface area (Å²) in [7, 11) is 3.24. The lowest BCUT2D eigenvalue weighted by Crippen LogP contribution is -2.24. The van der Waals surface area contributed by atoms with Crippen LogP contribution in [-0.2, 0) is 17.9 Å². The maximum atomic E-state index is 13.0. The number of pyridine rings is 1. The van der Waals surface area contributed by atoms with Gasteiger partial charge in [0.1, 0.15) is 11.4 Å². The number of hydrogen-bond acceptors (Lipinski definition) is 4. The summed E-state index contributed by atoms with van der Waals surface area (Å²) < 4.78 is 10.8. The molecule has 2 N–H and O–H groups in total. The van der Waals surface area contributed by atoms with Crippen molar-refractivity contribution in [3.8, 4) is 28.1 Å². The highest BCUT2D eigenvalue weighted by atomic mass is 35.5. The van der Waals surface area contributed by atoms with Crippen molar-refractivity contribution in [3.05, 3.63) is 106 Å². The zero-order valence-electron chi connectivity index (χ0n) is 20.8. The average molecular weight is 546 g/mol. The lowest BCUT2D eigenvalue weighted by Gasteiger charge is -2.17. The standard InChI is InChI=1S/C30H25Cl2N3O3/c1-37-17-28-20(16-33-30(36)27-14-19-5-3-4-6-26(19)34-27)13-24(23-12-9-21(31)15-25(23)32)29(35-28)18-7-10-22(38-2)11-8-18/h3-15,34H,16-17H2,1-2H3,(H,33,36). The number of carbonyl (C=O) groups is 1. The van der Waals surface area contributed by atoms with Gasteiger partial charge in [-0.05, 0) is 60.2 Å². The normalized spacial score (nSPS) is 11.1. The molecule has 38 heavy (non-hydrogen) atoms. The Morgan fingerprint density at radius 3 is 2.45 bits per heavy atom. The second-order valence-corrected chi connectivity index (χ2v) is 9.57. The molecule has 0 aliphatic carbocycles. The number of carbonyl (C=O) groups excluding carboxylic acids is 1. The summed E-state index contributed by atoms with van der Waals surface area (Å²) >= 11 is 12.8. The maximum absolute atomic E-state index is 13.0. The van der Waals surface area contributed by atoms with Crippen LogP contribution in [0.4, 0.5) is 0 Å². The molecule has 0 aliphatic heterocycles. The van der Waals surface area contributed by atoms with Crippen LogP contribution < -0.4 is 10.1 Å². The molecule has 0 bridgehead atoms. The molecular weight excluding hydrogens is 521 g/mol. The number of amides is 1. The minimum atomic E-state index is -0.213. The minimum absolute atomic E-state index is 0.213. The van der Waals surface area contributed by atoms with Crippen molar-refractivity contribution >= 4 is 40.0 Å². The van der Waals surface area contributed by atoms with Crippen LogP contribution in [0.25, 0.3) is 33.3 Å². The van der Waals surface area contributed by atoms with E-state index in [2.05, 4.69) is 10.3 Å². The Hall–Kier alpha value is -3.84. The molecular formula is C30H25Cl2N3O3. The second kappa shape index (κ2) is 11.3. The van der Waals surface area contributed by atoms with Gasteiger partial charge in [0.2, 0.25) is 0 Å². The van der Waals surface area contributed by atoms with Crippen molar-refractivity contribution in [2.24, 2.45) is 0 Å². The summed E-state index contributed by atoms with van der Waals surface area (Å²) in [5.41, 5.74) is 6.13. The number of ether oxygens (including phenoxy) is 2. The zero-order chi connectivity index (χ0) is 26.6. The van der Waals surface area contributed by atoms with Gasteiger partial charge in [-0.2, -0.15) is 0 Å². The molecule has 3 aromatic carbocycles. The number of aromatic nitrogens is 2. The molecule has 0 fully saturated rings. The van der Waals surface area contributed by atoms with Gasteiger partial charge in [0, 0.05) is 51.3 Å². The molecule has 5 aromatic rings. The third kappa shape index (κ3) is 5.38. The van der Waals surface area contributed by atoms with E-state index in [9.17, 15) is 4.79 Å². The van der Waals surface area contributed by atoms with Crippen molar-refractivity contribution in [3.63, 3.8) is 0 Å². The first-order valence-electron chi connectivity index (χ1n) is 11.9. The molecule has 6 nitrogen and oxygen atoms in total. The molecule has 2 heterocycles. The highest BCUT2D eigenvalue weighted by molar-refractivity contribution is 6.36. The Kier molecular flexibility index (Phi) is 7.65. The summed E-state index contributed by atoms with van der Waals surface area (Å²) in [5, 5.41) is 5.03. The van der Waals surface area contributed by atoms with E-state index in [0.29, 0.717) is 21.4 Å². The monoisotopic (exact) mass is 545 g/mol. The number of nitrogens with one attached hydrogen (secondary N) is 2. The fourth-order valence-corrected chi connectivity index (χ4v) is 4.87. The van der Waals surface area contributed by atoms with Crippen LogP contribution in [-0.4, -0.2) is 30.1 Å². The largest absolute Gasteiger partial charge is 0.497 e. The van der Waals surface area contributed by atoms with Crippen molar-refractivity contribution in [1.82, 2.24) is 15.3 Å². The molecule has 0 spiro atoms. The molecule has 0 saturated carbocycles. The first-order valence-corrected chi connectivity index (χ1v) is 12.7. The van der Waals surface area contributed by atoms with Crippen LogP contribution in [0, 0.1) is 0 Å². The van der Waals surface area contributed by atoms with Crippen molar-refractivity contribution in [2.75, 3.05) is 14.2 Å². The molecule has 2 aromatic heterocycles. The van der Waals surface area contributed by atoms with E-state index >= 15 is 0 Å². The molecule has 5 rings (SSSR count). The zero-order valence-corrected chi connectivity index (χ0v) is 22.4. The number of nitrogens with zero attached hydrogens (tertiary/aromatic N) is 1. The fourth-order valence-electron chi connectivity index (χ4n) is 4.36. The average Bonchev–Trinajstić information content (AvgIpc) is 3.37. The van der Waals surface area contributed by atoms with Crippen molar-refractivity contribution in [2.45, 2.75) is 13.2 Å². The minimum Gasteiger partial charge on any atom is -0.497 e. The van der Waals surface area contributed by atoms with Crippen LogP contribution in [0.15, 0.2) is 78.9 Å².